The second kappa shape index (κ2) is 10.6. The van der Waals surface area contributed by atoms with Crippen LogP contribution in [0.15, 0.2) is 72.1 Å². The molecule has 166 valence electrons. The van der Waals surface area contributed by atoms with E-state index in [1.807, 2.05) is 35.7 Å². The summed E-state index contributed by atoms with van der Waals surface area (Å²) >= 11 is 1.32. The van der Waals surface area contributed by atoms with Crippen molar-refractivity contribution in [2.75, 3.05) is 0 Å². The topological polar surface area (TPSA) is 49.4 Å². The quantitative estimate of drug-likeness (QED) is 0.500. The molecule has 0 saturated heterocycles. The van der Waals surface area contributed by atoms with Gasteiger partial charge in [-0.05, 0) is 35.9 Å². The fourth-order valence-electron chi connectivity index (χ4n) is 4.28. The van der Waals surface area contributed by atoms with Gasteiger partial charge in [-0.1, -0.05) is 73.9 Å². The molecule has 0 bridgehead atoms. The summed E-state index contributed by atoms with van der Waals surface area (Å²) in [5.41, 5.74) is 1.09. The zero-order valence-electron chi connectivity index (χ0n) is 17.9. The van der Waals surface area contributed by atoms with Crippen LogP contribution in [0, 0.1) is 5.82 Å². The van der Waals surface area contributed by atoms with Crippen LogP contribution in [0.2, 0.25) is 0 Å². The molecule has 1 aliphatic rings. The van der Waals surface area contributed by atoms with E-state index in [-0.39, 0.29) is 30.0 Å². The number of benzene rings is 2. The third-order valence-electron chi connectivity index (χ3n) is 5.90. The third-order valence-corrected chi connectivity index (χ3v) is 6.76. The van der Waals surface area contributed by atoms with Crippen LogP contribution < -0.4 is 5.32 Å². The number of carbonyl (C=O) groups is 2. The minimum absolute atomic E-state index is 0.0564. The van der Waals surface area contributed by atoms with Gasteiger partial charge in [-0.3, -0.25) is 9.59 Å². The molecule has 4 nitrogen and oxygen atoms in total. The Balaban J connectivity index is 1.73. The van der Waals surface area contributed by atoms with Gasteiger partial charge in [0.1, 0.15) is 11.9 Å². The Bertz CT molecular complexity index is 1030. The first-order chi connectivity index (χ1) is 15.6. The van der Waals surface area contributed by atoms with Gasteiger partial charge in [0.25, 0.3) is 5.91 Å². The van der Waals surface area contributed by atoms with E-state index in [4.69, 9.17) is 0 Å². The Kier molecular flexibility index (Phi) is 7.32. The summed E-state index contributed by atoms with van der Waals surface area (Å²) in [7, 11) is 0. The van der Waals surface area contributed by atoms with Crippen LogP contribution >= 0.6 is 11.3 Å². The summed E-state index contributed by atoms with van der Waals surface area (Å²) in [5, 5.41) is 4.94. The van der Waals surface area contributed by atoms with Crippen molar-refractivity contribution < 1.29 is 14.0 Å². The number of carbonyl (C=O) groups excluding carboxylic acids is 2. The van der Waals surface area contributed by atoms with Crippen molar-refractivity contribution in [1.29, 1.82) is 0 Å². The van der Waals surface area contributed by atoms with Crippen molar-refractivity contribution >= 4 is 23.2 Å². The predicted molar refractivity (Wildman–Crippen MR) is 125 cm³/mol. The monoisotopic (exact) mass is 450 g/mol. The van der Waals surface area contributed by atoms with Gasteiger partial charge in [0.2, 0.25) is 5.91 Å². The zero-order valence-corrected chi connectivity index (χ0v) is 18.7. The van der Waals surface area contributed by atoms with Crippen LogP contribution in [0.25, 0.3) is 0 Å². The van der Waals surface area contributed by atoms with Crippen LogP contribution in [-0.2, 0) is 11.3 Å². The molecule has 32 heavy (non-hydrogen) atoms. The second-order valence-electron chi connectivity index (χ2n) is 8.16. The number of halogens is 1. The maximum atomic E-state index is 15.0. The maximum Gasteiger partial charge on any atom is 0.265 e. The molecule has 2 amide bonds. The fraction of sp³-hybridized carbons (Fsp3) is 0.308. The van der Waals surface area contributed by atoms with Gasteiger partial charge in [-0.2, -0.15) is 0 Å². The van der Waals surface area contributed by atoms with E-state index >= 15 is 0 Å². The Hall–Kier alpha value is -2.99. The average Bonchev–Trinajstić information content (AvgIpc) is 3.36. The number of thiophene rings is 1. The van der Waals surface area contributed by atoms with Gasteiger partial charge in [-0.15, -0.1) is 11.3 Å². The number of amides is 2. The molecule has 0 spiro atoms. The molecule has 1 fully saturated rings. The average molecular weight is 451 g/mol. The van der Waals surface area contributed by atoms with Crippen molar-refractivity contribution in [3.63, 3.8) is 0 Å². The normalized spacial score (nSPS) is 15.2. The Labute approximate surface area is 192 Å². The lowest BCUT2D eigenvalue weighted by Crippen LogP contribution is -2.47. The minimum atomic E-state index is -1.06. The van der Waals surface area contributed by atoms with Gasteiger partial charge in [0.05, 0.1) is 4.88 Å². The molecule has 3 aromatic rings. The largest absolute Gasteiger partial charge is 0.351 e. The van der Waals surface area contributed by atoms with E-state index < -0.39 is 11.9 Å². The van der Waals surface area contributed by atoms with Gasteiger partial charge in [0, 0.05) is 18.2 Å². The van der Waals surface area contributed by atoms with Gasteiger partial charge in [0.15, 0.2) is 0 Å². The molecule has 1 N–H and O–H groups in total. The van der Waals surface area contributed by atoms with E-state index in [0.717, 1.165) is 31.2 Å². The highest BCUT2D eigenvalue weighted by Crippen LogP contribution is 2.29. The Morgan fingerprint density at radius 3 is 2.38 bits per heavy atom. The molecule has 1 saturated carbocycles. The first-order valence-electron chi connectivity index (χ1n) is 11.1. The molecule has 2 aromatic carbocycles. The molecule has 1 aliphatic carbocycles. The minimum Gasteiger partial charge on any atom is -0.351 e. The number of rotatable bonds is 7. The van der Waals surface area contributed by atoms with Crippen molar-refractivity contribution in [3.05, 3.63) is 93.9 Å². The fourth-order valence-corrected chi connectivity index (χ4v) is 4.96. The van der Waals surface area contributed by atoms with E-state index in [0.29, 0.717) is 4.88 Å². The zero-order chi connectivity index (χ0) is 22.3. The van der Waals surface area contributed by atoms with Crippen LogP contribution in [0.3, 0.4) is 0 Å². The molecule has 1 aromatic heterocycles. The molecule has 4 rings (SSSR count). The summed E-state index contributed by atoms with van der Waals surface area (Å²) in [4.78, 5) is 29.2. The lowest BCUT2D eigenvalue weighted by Gasteiger charge is -2.33. The summed E-state index contributed by atoms with van der Waals surface area (Å²) in [6.45, 7) is 0.203. The smallest absolute Gasteiger partial charge is 0.265 e. The predicted octanol–water partition coefficient (Wildman–Crippen LogP) is 5.72. The first-order valence-corrected chi connectivity index (χ1v) is 11.9. The number of nitrogens with one attached hydrogen (secondary N) is 1. The Morgan fingerprint density at radius 2 is 1.69 bits per heavy atom. The molecule has 0 aliphatic heterocycles. The van der Waals surface area contributed by atoms with Crippen molar-refractivity contribution in [3.8, 4) is 0 Å². The number of hydrogen-bond donors (Lipinski definition) is 1. The molecule has 1 heterocycles. The van der Waals surface area contributed by atoms with Crippen molar-refractivity contribution in [2.24, 2.45) is 0 Å². The Morgan fingerprint density at radius 1 is 0.969 bits per heavy atom. The van der Waals surface area contributed by atoms with Crippen molar-refractivity contribution in [1.82, 2.24) is 10.2 Å². The van der Waals surface area contributed by atoms with E-state index in [1.165, 1.54) is 28.7 Å². The molecule has 0 radical (unpaired) electrons. The molecular weight excluding hydrogens is 423 g/mol. The van der Waals surface area contributed by atoms with Crippen LogP contribution in [0.1, 0.15) is 58.9 Å². The van der Waals surface area contributed by atoms with Crippen LogP contribution in [-0.4, -0.2) is 22.8 Å². The van der Waals surface area contributed by atoms with E-state index in [9.17, 15) is 14.0 Å². The summed E-state index contributed by atoms with van der Waals surface area (Å²) in [6, 6.07) is 18.3. The summed E-state index contributed by atoms with van der Waals surface area (Å²) < 4.78 is 15.0. The molecule has 0 unspecified atom stereocenters. The van der Waals surface area contributed by atoms with Crippen LogP contribution in [0.4, 0.5) is 4.39 Å². The summed E-state index contributed by atoms with van der Waals surface area (Å²) in [6.07, 6.45) is 5.12. The van der Waals surface area contributed by atoms with Crippen molar-refractivity contribution in [2.45, 2.75) is 50.7 Å². The van der Waals surface area contributed by atoms with Gasteiger partial charge >= 0.3 is 0 Å². The van der Waals surface area contributed by atoms with E-state index in [2.05, 4.69) is 5.32 Å². The highest BCUT2D eigenvalue weighted by Gasteiger charge is 2.35. The molecule has 6 heteroatoms. The van der Waals surface area contributed by atoms with Gasteiger partial charge < -0.3 is 10.2 Å². The third kappa shape index (κ3) is 5.25. The standard InChI is InChI=1S/C26H27FN2O2S/c27-22-15-8-7-14-21(22)24(25(30)28-20-12-5-2-6-13-20)29(18-19-10-3-1-4-11-19)26(31)23-16-9-17-32-23/h1,3-4,7-11,14-17,20,24H,2,5-6,12-13,18H2,(H,28,30)/t24-/m0/s1. The summed E-state index contributed by atoms with van der Waals surface area (Å²) in [5.74, 6) is -1.10. The first kappa shape index (κ1) is 22.2. The maximum absolute atomic E-state index is 15.0. The highest BCUT2D eigenvalue weighted by atomic mass is 32.1. The lowest BCUT2D eigenvalue weighted by atomic mass is 9.94. The number of hydrogen-bond acceptors (Lipinski definition) is 3. The number of nitrogens with zero attached hydrogens (tertiary/aromatic N) is 1. The van der Waals surface area contributed by atoms with E-state index in [1.54, 1.807) is 30.3 Å². The molecular formula is C26H27FN2O2S. The SMILES string of the molecule is O=C(NC1CCCCC1)[C@H](c1ccccc1F)N(Cc1ccccc1)C(=O)c1cccs1. The van der Waals surface area contributed by atoms with Crippen LogP contribution in [0.5, 0.6) is 0 Å². The van der Waals surface area contributed by atoms with Gasteiger partial charge in [-0.25, -0.2) is 4.39 Å². The molecule has 1 atom stereocenters. The second-order valence-corrected chi connectivity index (χ2v) is 9.11. The highest BCUT2D eigenvalue weighted by molar-refractivity contribution is 7.12. The lowest BCUT2D eigenvalue weighted by molar-refractivity contribution is -0.127.